The molecular formula is C19H38N4OS. The Morgan fingerprint density at radius 3 is 2.56 bits per heavy atom. The van der Waals surface area contributed by atoms with Crippen LogP contribution in [0.5, 0.6) is 0 Å². The fourth-order valence-electron chi connectivity index (χ4n) is 4.20. The van der Waals surface area contributed by atoms with Gasteiger partial charge in [-0.05, 0) is 51.1 Å². The van der Waals surface area contributed by atoms with E-state index in [1.54, 1.807) is 0 Å². The standard InChI is InChI=1S/C19H38N4OS/c1-5-25(24)17-10-8-9-16(13-17)22-19(20-4)21-14-18(15(2)3)23-11-6-7-12-23/h15-18H,5-14H2,1-4H3,(H2,20,21,22). The number of nitrogens with one attached hydrogen (secondary N) is 2. The molecule has 1 aliphatic heterocycles. The molecule has 4 atom stereocenters. The zero-order valence-electron chi connectivity index (χ0n) is 16.6. The van der Waals surface area contributed by atoms with E-state index in [-0.39, 0.29) is 0 Å². The summed E-state index contributed by atoms with van der Waals surface area (Å²) in [4.78, 5) is 7.05. The number of aliphatic imine (C=N–C) groups is 1. The lowest BCUT2D eigenvalue weighted by molar-refractivity contribution is 0.192. The summed E-state index contributed by atoms with van der Waals surface area (Å²) in [7, 11) is 1.17. The molecule has 2 fully saturated rings. The summed E-state index contributed by atoms with van der Waals surface area (Å²) in [5.41, 5.74) is 0. The van der Waals surface area contributed by atoms with E-state index in [9.17, 15) is 4.21 Å². The fraction of sp³-hybridized carbons (Fsp3) is 0.947. The van der Waals surface area contributed by atoms with Crippen molar-refractivity contribution in [1.82, 2.24) is 15.5 Å². The second kappa shape index (κ2) is 10.5. The molecule has 5 nitrogen and oxygen atoms in total. The molecule has 0 aromatic carbocycles. The summed E-state index contributed by atoms with van der Waals surface area (Å²) in [6.45, 7) is 10.0. The van der Waals surface area contributed by atoms with Gasteiger partial charge in [-0.3, -0.25) is 14.1 Å². The molecule has 4 unspecified atom stereocenters. The second-order valence-corrected chi connectivity index (χ2v) is 9.81. The Balaban J connectivity index is 1.84. The zero-order valence-corrected chi connectivity index (χ0v) is 17.4. The lowest BCUT2D eigenvalue weighted by atomic mass is 9.95. The van der Waals surface area contributed by atoms with Crippen molar-refractivity contribution < 1.29 is 4.21 Å². The average Bonchev–Trinajstić information content (AvgIpc) is 3.14. The number of rotatable bonds is 7. The van der Waals surface area contributed by atoms with Gasteiger partial charge in [0.2, 0.25) is 0 Å². The van der Waals surface area contributed by atoms with E-state index in [0.717, 1.165) is 43.9 Å². The Kier molecular flexibility index (Phi) is 8.70. The first-order valence-electron chi connectivity index (χ1n) is 10.1. The largest absolute Gasteiger partial charge is 0.355 e. The topological polar surface area (TPSA) is 56.7 Å². The van der Waals surface area contributed by atoms with Crippen LogP contribution in [-0.2, 0) is 10.8 Å². The summed E-state index contributed by atoms with van der Waals surface area (Å²) in [6.07, 6.45) is 7.07. The van der Waals surface area contributed by atoms with Crippen molar-refractivity contribution in [3.05, 3.63) is 0 Å². The Bertz CT molecular complexity index is 449. The van der Waals surface area contributed by atoms with Gasteiger partial charge in [-0.1, -0.05) is 27.2 Å². The highest BCUT2D eigenvalue weighted by Gasteiger charge is 2.27. The summed E-state index contributed by atoms with van der Waals surface area (Å²) in [5.74, 6) is 2.31. The summed E-state index contributed by atoms with van der Waals surface area (Å²) in [5, 5.41) is 7.49. The third kappa shape index (κ3) is 6.24. The maximum Gasteiger partial charge on any atom is 0.191 e. The van der Waals surface area contributed by atoms with Gasteiger partial charge in [-0.15, -0.1) is 0 Å². The van der Waals surface area contributed by atoms with E-state index in [1.807, 2.05) is 14.0 Å². The van der Waals surface area contributed by atoms with Gasteiger partial charge in [0.25, 0.3) is 0 Å². The first-order chi connectivity index (χ1) is 12.0. The van der Waals surface area contributed by atoms with E-state index in [2.05, 4.69) is 34.4 Å². The third-order valence-electron chi connectivity index (χ3n) is 5.70. The minimum Gasteiger partial charge on any atom is -0.355 e. The normalized spacial score (nSPS) is 28.1. The average molecular weight is 371 g/mol. The lowest BCUT2D eigenvalue weighted by Gasteiger charge is -2.33. The maximum absolute atomic E-state index is 12.1. The van der Waals surface area contributed by atoms with Crippen LogP contribution in [0.15, 0.2) is 4.99 Å². The highest BCUT2D eigenvalue weighted by atomic mass is 32.2. The van der Waals surface area contributed by atoms with Gasteiger partial charge in [0.1, 0.15) is 0 Å². The van der Waals surface area contributed by atoms with E-state index >= 15 is 0 Å². The molecule has 1 saturated carbocycles. The molecular weight excluding hydrogens is 332 g/mol. The van der Waals surface area contributed by atoms with Gasteiger partial charge in [-0.2, -0.15) is 0 Å². The van der Waals surface area contributed by atoms with Crippen LogP contribution in [0.1, 0.15) is 59.3 Å². The SMILES string of the molecule is CCS(=O)C1CCCC(NC(=NC)NCC(C(C)C)N2CCCC2)C1. The smallest absolute Gasteiger partial charge is 0.191 e. The first kappa shape index (κ1) is 20.7. The minimum atomic E-state index is -0.677. The van der Waals surface area contributed by atoms with Crippen LogP contribution in [0.25, 0.3) is 0 Å². The number of likely N-dealkylation sites (tertiary alicyclic amines) is 1. The van der Waals surface area contributed by atoms with Gasteiger partial charge in [0, 0.05) is 47.5 Å². The molecule has 1 heterocycles. The quantitative estimate of drug-likeness (QED) is 0.533. The monoisotopic (exact) mass is 370 g/mol. The Morgan fingerprint density at radius 1 is 1.24 bits per heavy atom. The summed E-state index contributed by atoms with van der Waals surface area (Å²) >= 11 is 0. The van der Waals surface area contributed by atoms with Crippen molar-refractivity contribution in [3.8, 4) is 0 Å². The molecule has 0 amide bonds. The molecule has 146 valence electrons. The van der Waals surface area contributed by atoms with Crippen molar-refractivity contribution in [1.29, 1.82) is 0 Å². The predicted octanol–water partition coefficient (Wildman–Crippen LogP) is 2.35. The number of hydrogen-bond acceptors (Lipinski definition) is 3. The van der Waals surface area contributed by atoms with Gasteiger partial charge >= 0.3 is 0 Å². The summed E-state index contributed by atoms with van der Waals surface area (Å²) < 4.78 is 12.1. The molecule has 6 heteroatoms. The Hall–Kier alpha value is -0.620. The molecule has 0 radical (unpaired) electrons. The maximum atomic E-state index is 12.1. The van der Waals surface area contributed by atoms with E-state index < -0.39 is 10.8 Å². The molecule has 0 bridgehead atoms. The van der Waals surface area contributed by atoms with Crippen molar-refractivity contribution in [2.45, 2.75) is 76.6 Å². The van der Waals surface area contributed by atoms with Crippen molar-refractivity contribution in [2.75, 3.05) is 32.4 Å². The van der Waals surface area contributed by atoms with Crippen molar-refractivity contribution >= 4 is 16.8 Å². The first-order valence-corrected chi connectivity index (χ1v) is 11.5. The van der Waals surface area contributed by atoms with Crippen LogP contribution >= 0.6 is 0 Å². The van der Waals surface area contributed by atoms with Crippen LogP contribution in [0.4, 0.5) is 0 Å². The predicted molar refractivity (Wildman–Crippen MR) is 109 cm³/mol. The fourth-order valence-corrected chi connectivity index (χ4v) is 5.55. The van der Waals surface area contributed by atoms with E-state index in [1.165, 1.54) is 25.9 Å². The van der Waals surface area contributed by atoms with Crippen molar-refractivity contribution in [3.63, 3.8) is 0 Å². The molecule has 2 rings (SSSR count). The molecule has 25 heavy (non-hydrogen) atoms. The zero-order chi connectivity index (χ0) is 18.2. The van der Waals surface area contributed by atoms with Crippen LogP contribution in [0.2, 0.25) is 0 Å². The van der Waals surface area contributed by atoms with E-state index in [4.69, 9.17) is 0 Å². The number of nitrogens with zero attached hydrogens (tertiary/aromatic N) is 2. The van der Waals surface area contributed by atoms with Gasteiger partial charge in [-0.25, -0.2) is 0 Å². The molecule has 2 aliphatic rings. The highest BCUT2D eigenvalue weighted by Crippen LogP contribution is 2.23. The Morgan fingerprint density at radius 2 is 1.96 bits per heavy atom. The Labute approximate surface area is 156 Å². The van der Waals surface area contributed by atoms with Gasteiger partial charge in [0.15, 0.2) is 5.96 Å². The van der Waals surface area contributed by atoms with Crippen molar-refractivity contribution in [2.24, 2.45) is 10.9 Å². The van der Waals surface area contributed by atoms with Crippen LogP contribution in [0, 0.1) is 5.92 Å². The molecule has 0 aromatic heterocycles. The molecule has 0 spiro atoms. The van der Waals surface area contributed by atoms with Crippen LogP contribution in [0.3, 0.4) is 0 Å². The number of guanidine groups is 1. The second-order valence-electron chi connectivity index (χ2n) is 7.81. The third-order valence-corrected chi connectivity index (χ3v) is 7.45. The van der Waals surface area contributed by atoms with Crippen LogP contribution in [-0.4, -0.2) is 64.8 Å². The molecule has 2 N–H and O–H groups in total. The molecule has 1 aliphatic carbocycles. The molecule has 0 aromatic rings. The molecule has 1 saturated heterocycles. The highest BCUT2D eigenvalue weighted by molar-refractivity contribution is 7.85. The van der Waals surface area contributed by atoms with Gasteiger partial charge < -0.3 is 10.6 Å². The minimum absolute atomic E-state index is 0.349. The van der Waals surface area contributed by atoms with Crippen LogP contribution < -0.4 is 10.6 Å². The van der Waals surface area contributed by atoms with E-state index in [0.29, 0.717) is 23.3 Å². The van der Waals surface area contributed by atoms with Gasteiger partial charge in [0.05, 0.1) is 0 Å². The number of hydrogen-bond donors (Lipinski definition) is 2. The summed E-state index contributed by atoms with van der Waals surface area (Å²) in [6, 6.07) is 0.956. The lowest BCUT2D eigenvalue weighted by Crippen LogP contribution is -2.51.